The lowest BCUT2D eigenvalue weighted by Crippen LogP contribution is -2.51. The van der Waals surface area contributed by atoms with Gasteiger partial charge in [-0.15, -0.1) is 0 Å². The third kappa shape index (κ3) is 2.76. The van der Waals surface area contributed by atoms with E-state index in [1.165, 1.54) is 18.7 Å². The number of hydrogen-bond acceptors (Lipinski definition) is 4. The Hall–Kier alpha value is -2.41. The number of pyridine rings is 1. The van der Waals surface area contributed by atoms with Gasteiger partial charge in [-0.25, -0.2) is 9.18 Å². The summed E-state index contributed by atoms with van der Waals surface area (Å²) in [6.07, 6.45) is 2.52. The molecule has 0 spiro atoms. The molecule has 26 heavy (non-hydrogen) atoms. The summed E-state index contributed by atoms with van der Waals surface area (Å²) in [5.74, 6) is -0.756. The van der Waals surface area contributed by atoms with E-state index in [2.05, 4.69) is 10.2 Å². The number of aromatic carboxylic acids is 1. The highest BCUT2D eigenvalue weighted by Gasteiger charge is 2.31. The van der Waals surface area contributed by atoms with Crippen LogP contribution in [-0.4, -0.2) is 41.8 Å². The highest BCUT2D eigenvalue weighted by Crippen LogP contribution is 2.32. The maximum absolute atomic E-state index is 14.9. The number of hydrogen-bond donors (Lipinski definition) is 2. The molecule has 0 aliphatic carbocycles. The number of piperidine rings is 2. The molecule has 0 radical (unpaired) electrons. The standard InChI is InChI=1S/C19H22FN3O3/c1-2-22-10-14(19(25)26)18(24)13-4-15(20)17(5-16(13)22)23-8-11-3-12(9-23)7-21-6-11/h4-5,10-12,21H,2-3,6-9H2,1H3,(H,25,26). The highest BCUT2D eigenvalue weighted by atomic mass is 19.1. The monoisotopic (exact) mass is 359 g/mol. The number of aromatic nitrogens is 1. The van der Waals surface area contributed by atoms with Crippen molar-refractivity contribution in [3.8, 4) is 0 Å². The minimum absolute atomic E-state index is 0.117. The van der Waals surface area contributed by atoms with E-state index in [4.69, 9.17) is 0 Å². The zero-order valence-corrected chi connectivity index (χ0v) is 14.7. The molecule has 2 fully saturated rings. The number of nitrogens with zero attached hydrogens (tertiary/aromatic N) is 2. The van der Waals surface area contributed by atoms with E-state index in [9.17, 15) is 19.1 Å². The first-order valence-corrected chi connectivity index (χ1v) is 9.03. The third-order valence-corrected chi connectivity index (χ3v) is 5.55. The second-order valence-electron chi connectivity index (χ2n) is 7.31. The molecule has 2 unspecified atom stereocenters. The van der Waals surface area contributed by atoms with Crippen LogP contribution in [-0.2, 0) is 6.54 Å². The first-order chi connectivity index (χ1) is 12.5. The summed E-state index contributed by atoms with van der Waals surface area (Å²) >= 11 is 0. The van der Waals surface area contributed by atoms with Crippen molar-refractivity contribution in [3.63, 3.8) is 0 Å². The van der Waals surface area contributed by atoms with Crippen molar-refractivity contribution in [1.82, 2.24) is 9.88 Å². The molecule has 138 valence electrons. The van der Waals surface area contributed by atoms with Crippen molar-refractivity contribution in [2.75, 3.05) is 31.1 Å². The third-order valence-electron chi connectivity index (χ3n) is 5.55. The second-order valence-corrected chi connectivity index (χ2v) is 7.31. The number of halogens is 1. The zero-order chi connectivity index (χ0) is 18.4. The lowest BCUT2D eigenvalue weighted by Gasteiger charge is -2.43. The van der Waals surface area contributed by atoms with Crippen molar-refractivity contribution < 1.29 is 14.3 Å². The highest BCUT2D eigenvalue weighted by molar-refractivity contribution is 5.93. The van der Waals surface area contributed by atoms with Crippen LogP contribution in [0, 0.1) is 17.7 Å². The van der Waals surface area contributed by atoms with Crippen LogP contribution in [0.4, 0.5) is 10.1 Å². The van der Waals surface area contributed by atoms with Crippen molar-refractivity contribution in [2.24, 2.45) is 11.8 Å². The van der Waals surface area contributed by atoms with Crippen LogP contribution in [0.1, 0.15) is 23.7 Å². The van der Waals surface area contributed by atoms with Crippen LogP contribution in [0.5, 0.6) is 0 Å². The minimum Gasteiger partial charge on any atom is -0.477 e. The first kappa shape index (κ1) is 17.0. The summed E-state index contributed by atoms with van der Waals surface area (Å²) in [5, 5.41) is 12.8. The van der Waals surface area contributed by atoms with E-state index < -0.39 is 17.2 Å². The Balaban J connectivity index is 1.85. The Morgan fingerprint density at radius 3 is 2.62 bits per heavy atom. The summed E-state index contributed by atoms with van der Waals surface area (Å²) < 4.78 is 16.6. The van der Waals surface area contributed by atoms with E-state index in [1.807, 2.05) is 6.92 Å². The molecule has 3 heterocycles. The molecule has 2 aromatic rings. The predicted molar refractivity (Wildman–Crippen MR) is 97.5 cm³/mol. The van der Waals surface area contributed by atoms with Gasteiger partial charge in [-0.05, 0) is 50.4 Å². The fourth-order valence-electron chi connectivity index (χ4n) is 4.36. The van der Waals surface area contributed by atoms with E-state index >= 15 is 0 Å². The molecule has 2 bridgehead atoms. The van der Waals surface area contributed by atoms with Crippen LogP contribution < -0.4 is 15.6 Å². The molecule has 4 rings (SSSR count). The molecule has 2 N–H and O–H groups in total. The molecule has 2 saturated heterocycles. The van der Waals surface area contributed by atoms with Gasteiger partial charge < -0.3 is 19.9 Å². The Morgan fingerprint density at radius 2 is 2.00 bits per heavy atom. The maximum atomic E-state index is 14.9. The summed E-state index contributed by atoms with van der Waals surface area (Å²) in [6.45, 7) is 5.84. The summed E-state index contributed by atoms with van der Waals surface area (Å²) in [5.41, 5.74) is 0.110. The summed E-state index contributed by atoms with van der Waals surface area (Å²) in [6, 6.07) is 2.91. The van der Waals surface area contributed by atoms with Gasteiger partial charge in [0.15, 0.2) is 0 Å². The van der Waals surface area contributed by atoms with Crippen LogP contribution in [0.15, 0.2) is 23.1 Å². The lowest BCUT2D eigenvalue weighted by atomic mass is 9.85. The Labute approximate surface area is 150 Å². The molecular formula is C19H22FN3O3. The SMILES string of the molecule is CCn1cc(C(=O)O)c(=O)c2cc(F)c(N3CC4CNCC(C4)C3)cc21. The average Bonchev–Trinajstić information content (AvgIpc) is 2.61. The molecule has 2 atom stereocenters. The topological polar surface area (TPSA) is 74.6 Å². The van der Waals surface area contributed by atoms with Crippen LogP contribution in [0.3, 0.4) is 0 Å². The quantitative estimate of drug-likeness (QED) is 0.876. The molecule has 1 aromatic heterocycles. The van der Waals surface area contributed by atoms with E-state index in [0.29, 0.717) is 29.6 Å². The van der Waals surface area contributed by atoms with Crippen molar-refractivity contribution in [1.29, 1.82) is 0 Å². The van der Waals surface area contributed by atoms with Gasteiger partial charge in [-0.2, -0.15) is 0 Å². The lowest BCUT2D eigenvalue weighted by molar-refractivity contribution is 0.0695. The van der Waals surface area contributed by atoms with Gasteiger partial charge in [-0.1, -0.05) is 0 Å². The fraction of sp³-hybridized carbons (Fsp3) is 0.474. The van der Waals surface area contributed by atoms with E-state index in [0.717, 1.165) is 26.2 Å². The van der Waals surface area contributed by atoms with Gasteiger partial charge in [-0.3, -0.25) is 4.79 Å². The molecule has 2 aliphatic heterocycles. The second kappa shape index (κ2) is 6.39. The number of anilines is 1. The van der Waals surface area contributed by atoms with Crippen molar-refractivity contribution >= 4 is 22.6 Å². The van der Waals surface area contributed by atoms with E-state index in [-0.39, 0.29) is 10.9 Å². The van der Waals surface area contributed by atoms with Gasteiger partial charge in [0.25, 0.3) is 0 Å². The summed E-state index contributed by atoms with van der Waals surface area (Å²) in [4.78, 5) is 25.9. The number of benzene rings is 1. The number of nitrogens with one attached hydrogen (secondary N) is 1. The molecule has 0 saturated carbocycles. The Kier molecular flexibility index (Phi) is 4.19. The van der Waals surface area contributed by atoms with E-state index in [1.54, 1.807) is 10.6 Å². The van der Waals surface area contributed by atoms with Crippen molar-refractivity contribution in [3.05, 3.63) is 39.9 Å². The van der Waals surface area contributed by atoms with Gasteiger partial charge >= 0.3 is 5.97 Å². The number of carbonyl (C=O) groups is 1. The van der Waals surface area contributed by atoms with Crippen molar-refractivity contribution in [2.45, 2.75) is 19.9 Å². The Bertz CT molecular complexity index is 928. The number of carboxylic acids is 1. The number of fused-ring (bicyclic) bond motifs is 3. The fourth-order valence-corrected chi connectivity index (χ4v) is 4.36. The van der Waals surface area contributed by atoms with Gasteiger partial charge in [0.2, 0.25) is 5.43 Å². The molecular weight excluding hydrogens is 337 g/mol. The van der Waals surface area contributed by atoms with Gasteiger partial charge in [0.1, 0.15) is 11.4 Å². The summed E-state index contributed by atoms with van der Waals surface area (Å²) in [7, 11) is 0. The van der Waals surface area contributed by atoms with Gasteiger partial charge in [0, 0.05) is 31.2 Å². The number of carboxylic acid groups (broad SMARTS) is 1. The average molecular weight is 359 g/mol. The maximum Gasteiger partial charge on any atom is 0.341 e. The Morgan fingerprint density at radius 1 is 1.31 bits per heavy atom. The smallest absolute Gasteiger partial charge is 0.341 e. The molecule has 2 aliphatic rings. The largest absolute Gasteiger partial charge is 0.477 e. The van der Waals surface area contributed by atoms with Crippen LogP contribution in [0.25, 0.3) is 10.9 Å². The number of aryl methyl sites for hydroxylation is 1. The molecule has 1 aromatic carbocycles. The predicted octanol–water partition coefficient (Wildman–Crippen LogP) is 1.90. The molecule has 7 heteroatoms. The normalized spacial score (nSPS) is 22.6. The number of rotatable bonds is 3. The molecule has 0 amide bonds. The van der Waals surface area contributed by atoms with Gasteiger partial charge in [0.05, 0.1) is 11.2 Å². The first-order valence-electron chi connectivity index (χ1n) is 9.03. The molecule has 6 nitrogen and oxygen atoms in total. The zero-order valence-electron chi connectivity index (χ0n) is 14.7. The minimum atomic E-state index is -1.29. The van der Waals surface area contributed by atoms with Crippen LogP contribution in [0.2, 0.25) is 0 Å². The van der Waals surface area contributed by atoms with Crippen LogP contribution >= 0.6 is 0 Å².